The number of anilines is 1. The molecule has 1 unspecified atom stereocenters. The molecule has 1 N–H and O–H groups in total. The maximum absolute atomic E-state index is 3.20. The second-order valence-corrected chi connectivity index (χ2v) is 4.89. The van der Waals surface area contributed by atoms with Crippen molar-refractivity contribution in [3.8, 4) is 0 Å². The van der Waals surface area contributed by atoms with Crippen LogP contribution in [0.25, 0.3) is 0 Å². The number of benzene rings is 1. The van der Waals surface area contributed by atoms with Gasteiger partial charge in [-0.25, -0.2) is 0 Å². The number of rotatable bonds is 6. The molecular formula is C15H26N2. The highest BCUT2D eigenvalue weighted by molar-refractivity contribution is 5.50. The van der Waals surface area contributed by atoms with Gasteiger partial charge in [0, 0.05) is 25.3 Å². The van der Waals surface area contributed by atoms with Gasteiger partial charge in [-0.15, -0.1) is 0 Å². The van der Waals surface area contributed by atoms with Crippen LogP contribution in [0, 0.1) is 6.92 Å². The van der Waals surface area contributed by atoms with Crippen LogP contribution in [-0.2, 0) is 6.54 Å². The van der Waals surface area contributed by atoms with Crippen LogP contribution in [0.5, 0.6) is 0 Å². The number of nitrogens with zero attached hydrogens (tertiary/aromatic N) is 1. The first-order valence-electron chi connectivity index (χ1n) is 6.57. The quantitative estimate of drug-likeness (QED) is 0.812. The highest BCUT2D eigenvalue weighted by Gasteiger charge is 2.09. The summed E-state index contributed by atoms with van der Waals surface area (Å²) < 4.78 is 0. The topological polar surface area (TPSA) is 15.3 Å². The summed E-state index contributed by atoms with van der Waals surface area (Å²) in [6.45, 7) is 7.67. The average Bonchev–Trinajstić information content (AvgIpc) is 2.31. The highest BCUT2D eigenvalue weighted by Crippen LogP contribution is 2.21. The molecule has 2 heteroatoms. The first kappa shape index (κ1) is 14.0. The molecule has 2 nitrogen and oxygen atoms in total. The van der Waals surface area contributed by atoms with Crippen molar-refractivity contribution in [3.05, 3.63) is 29.3 Å². The molecule has 0 aliphatic carbocycles. The van der Waals surface area contributed by atoms with Crippen molar-refractivity contribution in [2.75, 3.05) is 19.0 Å². The van der Waals surface area contributed by atoms with E-state index in [2.05, 4.69) is 56.2 Å². The normalized spacial score (nSPS) is 12.5. The molecule has 0 aliphatic heterocycles. The Bertz CT molecular complexity index is 347. The summed E-state index contributed by atoms with van der Waals surface area (Å²) in [4.78, 5) is 2.37. The fourth-order valence-electron chi connectivity index (χ4n) is 2.15. The minimum atomic E-state index is 0.606. The highest BCUT2D eigenvalue weighted by atomic mass is 15.1. The van der Waals surface area contributed by atoms with E-state index in [0.29, 0.717) is 6.04 Å². The molecular weight excluding hydrogens is 208 g/mol. The summed E-state index contributed by atoms with van der Waals surface area (Å²) in [5, 5.41) is 3.20. The Balaban J connectivity index is 2.81. The van der Waals surface area contributed by atoms with Crippen LogP contribution in [-0.4, -0.2) is 20.1 Å². The van der Waals surface area contributed by atoms with Crippen LogP contribution in [0.3, 0.4) is 0 Å². The summed E-state index contributed by atoms with van der Waals surface area (Å²) in [5.74, 6) is 0. The molecule has 0 bridgehead atoms. The van der Waals surface area contributed by atoms with Crippen LogP contribution < -0.4 is 10.2 Å². The van der Waals surface area contributed by atoms with Crippen LogP contribution in [0.4, 0.5) is 5.69 Å². The fraction of sp³-hybridized carbons (Fsp3) is 0.600. The van der Waals surface area contributed by atoms with Gasteiger partial charge in [-0.1, -0.05) is 19.4 Å². The molecule has 0 spiro atoms. The summed E-state index contributed by atoms with van der Waals surface area (Å²) in [5.41, 5.74) is 4.07. The molecule has 17 heavy (non-hydrogen) atoms. The first-order valence-corrected chi connectivity index (χ1v) is 6.57. The Morgan fingerprint density at radius 3 is 2.59 bits per heavy atom. The van der Waals surface area contributed by atoms with E-state index in [1.165, 1.54) is 29.7 Å². The van der Waals surface area contributed by atoms with Crippen molar-refractivity contribution in [2.24, 2.45) is 0 Å². The van der Waals surface area contributed by atoms with E-state index in [-0.39, 0.29) is 0 Å². The average molecular weight is 234 g/mol. The zero-order valence-electron chi connectivity index (χ0n) is 11.9. The number of nitrogens with one attached hydrogen (secondary N) is 1. The maximum atomic E-state index is 3.20. The molecule has 0 radical (unpaired) electrons. The van der Waals surface area contributed by atoms with E-state index in [0.717, 1.165) is 6.54 Å². The molecule has 0 aromatic heterocycles. The van der Waals surface area contributed by atoms with Crippen molar-refractivity contribution < 1.29 is 0 Å². The minimum Gasteiger partial charge on any atom is -0.372 e. The summed E-state index contributed by atoms with van der Waals surface area (Å²) in [6, 6.07) is 7.36. The third-order valence-electron chi connectivity index (χ3n) is 3.47. The summed E-state index contributed by atoms with van der Waals surface area (Å²) >= 11 is 0. The Kier molecular flexibility index (Phi) is 5.49. The van der Waals surface area contributed by atoms with Crippen LogP contribution in [0.2, 0.25) is 0 Å². The lowest BCUT2D eigenvalue weighted by Crippen LogP contribution is -2.28. The number of aryl methyl sites for hydroxylation is 1. The van der Waals surface area contributed by atoms with Gasteiger partial charge >= 0.3 is 0 Å². The zero-order valence-corrected chi connectivity index (χ0v) is 11.9. The van der Waals surface area contributed by atoms with Crippen molar-refractivity contribution in [3.63, 3.8) is 0 Å². The predicted molar refractivity (Wildman–Crippen MR) is 76.7 cm³/mol. The molecule has 0 saturated carbocycles. The fourth-order valence-corrected chi connectivity index (χ4v) is 2.15. The minimum absolute atomic E-state index is 0.606. The van der Waals surface area contributed by atoms with Gasteiger partial charge in [-0.2, -0.15) is 0 Å². The van der Waals surface area contributed by atoms with Gasteiger partial charge in [0.25, 0.3) is 0 Å². The first-order chi connectivity index (χ1) is 8.10. The van der Waals surface area contributed by atoms with Gasteiger partial charge in [0.15, 0.2) is 0 Å². The molecule has 0 aliphatic rings. The van der Waals surface area contributed by atoms with Crippen molar-refractivity contribution in [2.45, 2.75) is 46.2 Å². The second kappa shape index (κ2) is 6.65. The predicted octanol–water partition coefficient (Wildman–Crippen LogP) is 3.34. The Morgan fingerprint density at radius 2 is 2.06 bits per heavy atom. The van der Waals surface area contributed by atoms with Gasteiger partial charge in [0.05, 0.1) is 0 Å². The smallest absolute Gasteiger partial charge is 0.0368 e. The Morgan fingerprint density at radius 1 is 1.35 bits per heavy atom. The molecule has 1 aromatic rings. The van der Waals surface area contributed by atoms with Gasteiger partial charge in [0.2, 0.25) is 0 Å². The third kappa shape index (κ3) is 3.74. The van der Waals surface area contributed by atoms with Crippen molar-refractivity contribution in [1.29, 1.82) is 0 Å². The van der Waals surface area contributed by atoms with Crippen molar-refractivity contribution in [1.82, 2.24) is 5.32 Å². The molecule has 0 fully saturated rings. The molecule has 0 amide bonds. The van der Waals surface area contributed by atoms with E-state index >= 15 is 0 Å². The van der Waals surface area contributed by atoms with Gasteiger partial charge in [-0.05, 0) is 50.6 Å². The number of hydrogen-bond donors (Lipinski definition) is 1. The lowest BCUT2D eigenvalue weighted by atomic mass is 10.1. The second-order valence-electron chi connectivity index (χ2n) is 4.89. The van der Waals surface area contributed by atoms with Crippen LogP contribution in [0.1, 0.15) is 37.8 Å². The van der Waals surface area contributed by atoms with E-state index in [1.54, 1.807) is 0 Å². The lowest BCUT2D eigenvalue weighted by molar-refractivity contribution is 0.616. The number of hydrogen-bond acceptors (Lipinski definition) is 2. The summed E-state index contributed by atoms with van der Waals surface area (Å²) in [6.07, 6.45) is 2.48. The van der Waals surface area contributed by atoms with Gasteiger partial charge in [0.1, 0.15) is 0 Å². The Labute approximate surface area is 106 Å². The molecule has 0 heterocycles. The molecule has 1 rings (SSSR count). The van der Waals surface area contributed by atoms with Gasteiger partial charge in [-0.3, -0.25) is 0 Å². The van der Waals surface area contributed by atoms with Crippen LogP contribution in [0.15, 0.2) is 18.2 Å². The summed E-state index contributed by atoms with van der Waals surface area (Å²) in [7, 11) is 4.18. The largest absolute Gasteiger partial charge is 0.372 e. The van der Waals surface area contributed by atoms with E-state index in [9.17, 15) is 0 Å². The monoisotopic (exact) mass is 234 g/mol. The zero-order chi connectivity index (χ0) is 12.8. The van der Waals surface area contributed by atoms with E-state index < -0.39 is 0 Å². The SMILES string of the molecule is CCCC(C)N(C)c1ccc(CNC)c(C)c1. The standard InChI is InChI=1S/C15H26N2/c1-6-7-13(3)17(5)15-9-8-14(11-16-4)12(2)10-15/h8-10,13,16H,6-7,11H2,1-5H3. The van der Waals surface area contributed by atoms with E-state index in [1.807, 2.05) is 7.05 Å². The molecule has 96 valence electrons. The molecule has 1 atom stereocenters. The lowest BCUT2D eigenvalue weighted by Gasteiger charge is -2.27. The van der Waals surface area contributed by atoms with Crippen LogP contribution >= 0.6 is 0 Å². The Hall–Kier alpha value is -1.02. The van der Waals surface area contributed by atoms with Gasteiger partial charge < -0.3 is 10.2 Å². The molecule has 0 saturated heterocycles. The third-order valence-corrected chi connectivity index (χ3v) is 3.47. The van der Waals surface area contributed by atoms with Crippen molar-refractivity contribution >= 4 is 5.69 Å². The molecule has 1 aromatic carbocycles. The van der Waals surface area contributed by atoms with E-state index in [4.69, 9.17) is 0 Å². The maximum Gasteiger partial charge on any atom is 0.0368 e.